The third kappa shape index (κ3) is 4.43. The lowest BCUT2D eigenvalue weighted by molar-refractivity contribution is 0.102. The minimum atomic E-state index is -0.490. The molecule has 5 heterocycles. The summed E-state index contributed by atoms with van der Waals surface area (Å²) in [6.45, 7) is 11.9. The van der Waals surface area contributed by atoms with E-state index in [-0.39, 0.29) is 11.6 Å². The van der Waals surface area contributed by atoms with Crippen LogP contribution in [-0.2, 0) is 7.05 Å². The Labute approximate surface area is 220 Å². The van der Waals surface area contributed by atoms with Gasteiger partial charge in [-0.2, -0.15) is 5.10 Å². The van der Waals surface area contributed by atoms with Crippen LogP contribution >= 0.6 is 0 Å². The number of carbonyl (C=O) groups excluding carboxylic acids is 1. The van der Waals surface area contributed by atoms with Gasteiger partial charge in [-0.1, -0.05) is 6.08 Å². The van der Waals surface area contributed by atoms with Crippen molar-refractivity contribution in [1.82, 2.24) is 29.4 Å². The smallest absolute Gasteiger partial charge is 0.257 e. The SMILES string of the molecule is C=C[C@@H]1CN([C@@H]2CCN(c3ccc(C(=O)Nc4cc(F)c5nc(C)cn5c4)c4nn(C)cc34)C2)C[C@H](C)N1. The van der Waals surface area contributed by atoms with Gasteiger partial charge in [0.25, 0.3) is 5.91 Å². The van der Waals surface area contributed by atoms with Crippen LogP contribution < -0.4 is 15.5 Å². The fourth-order valence-corrected chi connectivity index (χ4v) is 5.96. The van der Waals surface area contributed by atoms with Crippen LogP contribution in [0.1, 0.15) is 29.4 Å². The zero-order valence-corrected chi connectivity index (χ0v) is 22.0. The van der Waals surface area contributed by atoms with Crippen molar-refractivity contribution in [3.63, 3.8) is 0 Å². The van der Waals surface area contributed by atoms with E-state index in [4.69, 9.17) is 0 Å². The number of rotatable bonds is 5. The molecule has 0 spiro atoms. The second kappa shape index (κ2) is 9.52. The molecule has 6 rings (SSSR count). The van der Waals surface area contributed by atoms with E-state index in [1.807, 2.05) is 31.5 Å². The largest absolute Gasteiger partial charge is 0.369 e. The van der Waals surface area contributed by atoms with E-state index in [0.717, 1.165) is 43.7 Å². The van der Waals surface area contributed by atoms with Gasteiger partial charge in [0, 0.05) is 87.1 Å². The van der Waals surface area contributed by atoms with Crippen molar-refractivity contribution in [2.24, 2.45) is 7.05 Å². The average molecular weight is 517 g/mol. The lowest BCUT2D eigenvalue weighted by Crippen LogP contribution is -2.57. The number of amides is 1. The molecule has 2 aliphatic rings. The monoisotopic (exact) mass is 516 g/mol. The molecule has 0 saturated carbocycles. The normalized spacial score (nSPS) is 22.4. The first kappa shape index (κ1) is 24.6. The molecule has 2 N–H and O–H groups in total. The Morgan fingerprint density at radius 1 is 1.24 bits per heavy atom. The zero-order chi connectivity index (χ0) is 26.6. The third-order valence-corrected chi connectivity index (χ3v) is 7.64. The topological polar surface area (TPSA) is 82.7 Å². The van der Waals surface area contributed by atoms with Crippen molar-refractivity contribution in [3.05, 3.63) is 66.5 Å². The number of piperazine rings is 1. The number of fused-ring (bicyclic) bond motifs is 2. The summed E-state index contributed by atoms with van der Waals surface area (Å²) in [4.78, 5) is 22.5. The van der Waals surface area contributed by atoms with Gasteiger partial charge in [0.15, 0.2) is 11.5 Å². The van der Waals surface area contributed by atoms with Crippen molar-refractivity contribution in [2.75, 3.05) is 36.4 Å². The van der Waals surface area contributed by atoms with Crippen molar-refractivity contribution in [3.8, 4) is 0 Å². The first-order chi connectivity index (χ1) is 18.3. The molecule has 9 nitrogen and oxygen atoms in total. The van der Waals surface area contributed by atoms with Gasteiger partial charge in [0.1, 0.15) is 5.52 Å². The van der Waals surface area contributed by atoms with E-state index in [1.54, 1.807) is 28.4 Å². The molecular weight excluding hydrogens is 483 g/mol. The van der Waals surface area contributed by atoms with Crippen LogP contribution in [0.15, 0.2) is 49.4 Å². The van der Waals surface area contributed by atoms with Crippen LogP contribution in [0.25, 0.3) is 16.6 Å². The minimum absolute atomic E-state index is 0.233. The number of imidazole rings is 1. The van der Waals surface area contributed by atoms with E-state index < -0.39 is 5.82 Å². The summed E-state index contributed by atoms with van der Waals surface area (Å²) in [7, 11) is 1.86. The van der Waals surface area contributed by atoms with Gasteiger partial charge in [-0.15, -0.1) is 6.58 Å². The van der Waals surface area contributed by atoms with E-state index in [0.29, 0.717) is 40.6 Å². The number of nitrogens with zero attached hydrogens (tertiary/aromatic N) is 6. The van der Waals surface area contributed by atoms with Crippen LogP contribution in [0, 0.1) is 12.7 Å². The van der Waals surface area contributed by atoms with Gasteiger partial charge in [-0.3, -0.25) is 14.4 Å². The number of hydrogen-bond acceptors (Lipinski definition) is 6. The summed E-state index contributed by atoms with van der Waals surface area (Å²) in [6.07, 6.45) is 8.44. The van der Waals surface area contributed by atoms with E-state index >= 15 is 0 Å². The van der Waals surface area contributed by atoms with Gasteiger partial charge < -0.3 is 19.9 Å². The third-order valence-electron chi connectivity index (χ3n) is 7.64. The highest BCUT2D eigenvalue weighted by atomic mass is 19.1. The Morgan fingerprint density at radius 3 is 2.89 bits per heavy atom. The second-order valence-electron chi connectivity index (χ2n) is 10.6. The van der Waals surface area contributed by atoms with Gasteiger partial charge in [0.05, 0.1) is 16.9 Å². The van der Waals surface area contributed by atoms with E-state index in [1.165, 1.54) is 6.07 Å². The summed E-state index contributed by atoms with van der Waals surface area (Å²) >= 11 is 0. The number of halogens is 1. The average Bonchev–Trinajstić information content (AvgIpc) is 3.60. The number of benzene rings is 1. The number of aryl methyl sites for hydroxylation is 2. The molecular formula is C28H33FN8O. The Morgan fingerprint density at radius 2 is 2.08 bits per heavy atom. The maximum Gasteiger partial charge on any atom is 0.257 e. The number of hydrogen-bond donors (Lipinski definition) is 2. The molecule has 3 aromatic heterocycles. The maximum atomic E-state index is 14.6. The number of nitrogens with one attached hydrogen (secondary N) is 2. The fourth-order valence-electron chi connectivity index (χ4n) is 5.96. The Balaban J connectivity index is 1.25. The van der Waals surface area contributed by atoms with Gasteiger partial charge in [-0.25, -0.2) is 9.37 Å². The van der Waals surface area contributed by atoms with Crippen LogP contribution in [0.5, 0.6) is 0 Å². The van der Waals surface area contributed by atoms with Gasteiger partial charge in [0.2, 0.25) is 0 Å². The molecule has 0 bridgehead atoms. The minimum Gasteiger partial charge on any atom is -0.369 e. The number of pyridine rings is 1. The molecule has 2 saturated heterocycles. The molecule has 4 aromatic rings. The molecule has 10 heteroatoms. The van der Waals surface area contributed by atoms with Gasteiger partial charge in [-0.05, 0) is 32.4 Å². The van der Waals surface area contributed by atoms with Crippen LogP contribution in [0.2, 0.25) is 0 Å². The molecule has 38 heavy (non-hydrogen) atoms. The first-order valence-electron chi connectivity index (χ1n) is 13.1. The summed E-state index contributed by atoms with van der Waals surface area (Å²) in [6, 6.07) is 6.33. The fraction of sp³-hybridized carbons (Fsp3) is 0.393. The molecule has 0 aliphatic carbocycles. The Hall–Kier alpha value is -3.76. The highest BCUT2D eigenvalue weighted by Crippen LogP contribution is 2.33. The van der Waals surface area contributed by atoms with Crippen molar-refractivity contribution in [2.45, 2.75) is 38.4 Å². The Bertz CT molecular complexity index is 1540. The van der Waals surface area contributed by atoms with Crippen molar-refractivity contribution in [1.29, 1.82) is 0 Å². The number of anilines is 2. The molecule has 1 aromatic carbocycles. The molecule has 2 fully saturated rings. The maximum absolute atomic E-state index is 14.6. The molecule has 0 radical (unpaired) electrons. The number of aromatic nitrogens is 4. The predicted molar refractivity (Wildman–Crippen MR) is 147 cm³/mol. The van der Waals surface area contributed by atoms with E-state index in [2.05, 4.69) is 44.0 Å². The quantitative estimate of drug-likeness (QED) is 0.396. The lowest BCUT2D eigenvalue weighted by atomic mass is 10.1. The molecule has 1 amide bonds. The second-order valence-corrected chi connectivity index (χ2v) is 10.6. The lowest BCUT2D eigenvalue weighted by Gasteiger charge is -2.39. The number of carbonyl (C=O) groups is 1. The summed E-state index contributed by atoms with van der Waals surface area (Å²) in [5.41, 5.74) is 3.46. The van der Waals surface area contributed by atoms with Crippen LogP contribution in [0.4, 0.5) is 15.8 Å². The van der Waals surface area contributed by atoms with Crippen LogP contribution in [0.3, 0.4) is 0 Å². The van der Waals surface area contributed by atoms with Crippen molar-refractivity contribution >= 4 is 33.8 Å². The zero-order valence-electron chi connectivity index (χ0n) is 22.0. The molecule has 2 aliphatic heterocycles. The van der Waals surface area contributed by atoms with Gasteiger partial charge >= 0.3 is 0 Å². The van der Waals surface area contributed by atoms with Crippen molar-refractivity contribution < 1.29 is 9.18 Å². The predicted octanol–water partition coefficient (Wildman–Crippen LogP) is 3.35. The Kier molecular flexibility index (Phi) is 6.16. The molecule has 3 atom stereocenters. The molecule has 198 valence electrons. The van der Waals surface area contributed by atoms with Crippen LogP contribution in [-0.4, -0.2) is 74.3 Å². The first-order valence-corrected chi connectivity index (χ1v) is 13.1. The van der Waals surface area contributed by atoms with E-state index in [9.17, 15) is 9.18 Å². The molecule has 0 unspecified atom stereocenters. The highest BCUT2D eigenvalue weighted by Gasteiger charge is 2.33. The highest BCUT2D eigenvalue weighted by molar-refractivity contribution is 6.13. The summed E-state index contributed by atoms with van der Waals surface area (Å²) < 4.78 is 17.9. The standard InChI is InChI=1S/C28H33FN8O/c1-5-19-13-36(11-17(2)30-19)21-8-9-35(15-21)25-7-6-22(26-23(25)16-34(4)33-26)28(38)32-20-10-24(29)27-31-18(3)12-37(27)14-20/h5-7,10,12,14,16-17,19,21,30H,1,8-9,11,13,15H2,2-4H3,(H,32,38)/t17-,19+,21+/m0/s1. The summed E-state index contributed by atoms with van der Waals surface area (Å²) in [5, 5.41) is 12.0. The summed E-state index contributed by atoms with van der Waals surface area (Å²) in [5.74, 6) is -0.823.